The van der Waals surface area contributed by atoms with Crippen LogP contribution < -0.4 is 0 Å². The Kier molecular flexibility index (Phi) is 11.1. The van der Waals surface area contributed by atoms with Gasteiger partial charge in [0.05, 0.1) is 0 Å². The summed E-state index contributed by atoms with van der Waals surface area (Å²) in [5, 5.41) is 0. The smallest absolute Gasteiger partial charge is 0.00279 e. The van der Waals surface area contributed by atoms with E-state index in [2.05, 4.69) is 12.6 Å². The van der Waals surface area contributed by atoms with E-state index in [0.29, 0.717) is 0 Å². The first kappa shape index (κ1) is 11.6. The van der Waals surface area contributed by atoms with Crippen LogP contribution in [-0.2, 0) is 0 Å². The van der Waals surface area contributed by atoms with Gasteiger partial charge in [-0.25, -0.2) is 0 Å². The summed E-state index contributed by atoms with van der Waals surface area (Å²) in [4.78, 5) is 0. The van der Waals surface area contributed by atoms with E-state index in [1.807, 2.05) is 0 Å². The van der Waals surface area contributed by atoms with Crippen molar-refractivity contribution in [3.8, 4) is 0 Å². The Hall–Kier alpha value is 0.567. The molecule has 0 heterocycles. The van der Waals surface area contributed by atoms with Gasteiger partial charge in [0.2, 0.25) is 0 Å². The minimum absolute atomic E-state index is 1.07. The summed E-state index contributed by atoms with van der Waals surface area (Å²) in [6, 6.07) is 1.50. The van der Waals surface area contributed by atoms with Gasteiger partial charge in [-0.15, -0.1) is 0 Å². The lowest BCUT2D eigenvalue weighted by molar-refractivity contribution is 0.604. The van der Waals surface area contributed by atoms with Crippen molar-refractivity contribution >= 4 is 22.9 Å². The van der Waals surface area contributed by atoms with E-state index in [-0.39, 0.29) is 0 Å². The van der Waals surface area contributed by atoms with E-state index in [4.69, 9.17) is 0 Å². The number of thiol groups is 1. The third-order valence-corrected chi connectivity index (χ3v) is 3.04. The summed E-state index contributed by atoms with van der Waals surface area (Å²) >= 11 is 4.18. The van der Waals surface area contributed by atoms with Gasteiger partial charge in [-0.05, 0) is 12.2 Å². The molecule has 0 bridgehead atoms. The molecule has 0 amide bonds. The highest BCUT2D eigenvalue weighted by Crippen LogP contribution is 2.08. The lowest BCUT2D eigenvalue weighted by Gasteiger charge is -1.98. The summed E-state index contributed by atoms with van der Waals surface area (Å²) in [6.07, 6.45) is 10.0. The van der Waals surface area contributed by atoms with E-state index in [9.17, 15) is 0 Å². The first-order valence-corrected chi connectivity index (χ1v) is 7.07. The Labute approximate surface area is 80.0 Å². The molecule has 0 spiro atoms. The topological polar surface area (TPSA) is 0 Å². The van der Waals surface area contributed by atoms with Crippen molar-refractivity contribution in [3.63, 3.8) is 0 Å². The van der Waals surface area contributed by atoms with Crippen LogP contribution >= 0.6 is 12.6 Å². The molecule has 0 N–H and O–H groups in total. The average Bonchev–Trinajstić information content (AvgIpc) is 2.03. The molecule has 0 aliphatic heterocycles. The highest BCUT2D eigenvalue weighted by Gasteiger charge is 1.89. The standard InChI is InChI=1S/C9H22SSi/c10-8-6-4-2-1-3-5-7-9-11/h10H,1-9H2,11H3. The van der Waals surface area contributed by atoms with Crippen LogP contribution in [0.5, 0.6) is 0 Å². The first-order chi connectivity index (χ1) is 5.41. The van der Waals surface area contributed by atoms with Crippen LogP contribution in [0.15, 0.2) is 0 Å². The third kappa shape index (κ3) is 10.6. The fourth-order valence-electron chi connectivity index (χ4n) is 1.25. The number of hydrogen-bond acceptors (Lipinski definition) is 1. The number of rotatable bonds is 8. The molecule has 2 heteroatoms. The molecule has 0 aliphatic rings. The van der Waals surface area contributed by atoms with Crippen molar-refractivity contribution in [2.24, 2.45) is 0 Å². The zero-order chi connectivity index (χ0) is 8.36. The Balaban J connectivity index is 2.69. The predicted molar refractivity (Wildman–Crippen MR) is 60.9 cm³/mol. The molecule has 68 valence electrons. The molecule has 0 aromatic carbocycles. The first-order valence-electron chi connectivity index (χ1n) is 5.02. The molecule has 0 atom stereocenters. The fraction of sp³-hybridized carbons (Fsp3) is 1.00. The minimum atomic E-state index is 1.07. The zero-order valence-electron chi connectivity index (χ0n) is 7.81. The van der Waals surface area contributed by atoms with Gasteiger partial charge in [0.1, 0.15) is 0 Å². The Morgan fingerprint density at radius 2 is 1.18 bits per heavy atom. The normalized spacial score (nSPS) is 10.6. The van der Waals surface area contributed by atoms with E-state index >= 15 is 0 Å². The van der Waals surface area contributed by atoms with Crippen molar-refractivity contribution in [2.75, 3.05) is 5.75 Å². The SMILES string of the molecule is [SiH3]CCCCCCCCCS. The fourth-order valence-corrected chi connectivity index (χ4v) is 1.97. The molecule has 0 aromatic rings. The molecule has 0 unspecified atom stereocenters. The summed E-state index contributed by atoms with van der Waals surface area (Å²) in [5.41, 5.74) is 0. The Bertz CT molecular complexity index is 58.6. The lowest BCUT2D eigenvalue weighted by atomic mass is 10.1. The summed E-state index contributed by atoms with van der Waals surface area (Å²) in [5.74, 6) is 1.07. The minimum Gasteiger partial charge on any atom is -0.179 e. The molecule has 0 saturated carbocycles. The highest BCUT2D eigenvalue weighted by molar-refractivity contribution is 7.80. The molecule has 0 fully saturated rings. The van der Waals surface area contributed by atoms with Crippen molar-refractivity contribution < 1.29 is 0 Å². The van der Waals surface area contributed by atoms with Gasteiger partial charge in [0.15, 0.2) is 0 Å². The molecular formula is C9H22SSi. The zero-order valence-corrected chi connectivity index (χ0v) is 10.7. The molecule has 0 radical (unpaired) electrons. The molecule has 0 aliphatic carbocycles. The molecule has 0 rings (SSSR count). The largest absolute Gasteiger partial charge is 0.179 e. The van der Waals surface area contributed by atoms with Gasteiger partial charge in [-0.2, -0.15) is 12.6 Å². The van der Waals surface area contributed by atoms with Crippen LogP contribution in [0.25, 0.3) is 0 Å². The predicted octanol–water partition coefficient (Wildman–Crippen LogP) is 2.43. The van der Waals surface area contributed by atoms with Crippen LogP contribution in [-0.4, -0.2) is 16.0 Å². The average molecular weight is 190 g/mol. The lowest BCUT2D eigenvalue weighted by Crippen LogP contribution is -1.81. The van der Waals surface area contributed by atoms with Gasteiger partial charge >= 0.3 is 0 Å². The Morgan fingerprint density at radius 1 is 0.727 bits per heavy atom. The molecule has 0 aromatic heterocycles. The van der Waals surface area contributed by atoms with Crippen molar-refractivity contribution in [3.05, 3.63) is 0 Å². The van der Waals surface area contributed by atoms with Gasteiger partial charge < -0.3 is 0 Å². The van der Waals surface area contributed by atoms with E-state index in [1.165, 1.54) is 61.2 Å². The van der Waals surface area contributed by atoms with Crippen molar-refractivity contribution in [2.45, 2.75) is 51.0 Å². The molecular weight excluding hydrogens is 168 g/mol. The van der Waals surface area contributed by atoms with Crippen molar-refractivity contribution in [1.82, 2.24) is 0 Å². The van der Waals surface area contributed by atoms with E-state index < -0.39 is 0 Å². The number of unbranched alkanes of at least 4 members (excludes halogenated alkanes) is 6. The number of hydrogen-bond donors (Lipinski definition) is 1. The monoisotopic (exact) mass is 190 g/mol. The van der Waals surface area contributed by atoms with Crippen molar-refractivity contribution in [1.29, 1.82) is 0 Å². The second-order valence-corrected chi connectivity index (χ2v) is 4.65. The van der Waals surface area contributed by atoms with Gasteiger partial charge in [-0.3, -0.25) is 0 Å². The van der Waals surface area contributed by atoms with Crippen LogP contribution in [0.3, 0.4) is 0 Å². The van der Waals surface area contributed by atoms with E-state index in [1.54, 1.807) is 0 Å². The maximum atomic E-state index is 4.18. The Morgan fingerprint density at radius 3 is 1.64 bits per heavy atom. The third-order valence-electron chi connectivity index (χ3n) is 2.01. The molecule has 0 saturated heterocycles. The molecule has 11 heavy (non-hydrogen) atoms. The maximum absolute atomic E-state index is 4.18. The van der Waals surface area contributed by atoms with Gasteiger partial charge in [0, 0.05) is 10.2 Å². The highest BCUT2D eigenvalue weighted by atomic mass is 32.1. The quantitative estimate of drug-likeness (QED) is 0.339. The van der Waals surface area contributed by atoms with Crippen LogP contribution in [0.1, 0.15) is 44.9 Å². The van der Waals surface area contributed by atoms with Gasteiger partial charge in [-0.1, -0.05) is 44.6 Å². The van der Waals surface area contributed by atoms with Crippen LogP contribution in [0.4, 0.5) is 0 Å². The molecule has 0 nitrogen and oxygen atoms in total. The maximum Gasteiger partial charge on any atom is 0.00279 e. The summed E-state index contributed by atoms with van der Waals surface area (Å²) in [6.45, 7) is 0. The second-order valence-electron chi connectivity index (χ2n) is 3.20. The van der Waals surface area contributed by atoms with E-state index in [0.717, 1.165) is 5.75 Å². The second kappa shape index (κ2) is 10.6. The summed E-state index contributed by atoms with van der Waals surface area (Å²) < 4.78 is 0. The van der Waals surface area contributed by atoms with Crippen LogP contribution in [0, 0.1) is 0 Å². The van der Waals surface area contributed by atoms with Gasteiger partial charge in [0.25, 0.3) is 0 Å². The van der Waals surface area contributed by atoms with Crippen LogP contribution in [0.2, 0.25) is 6.04 Å². The summed E-state index contributed by atoms with van der Waals surface area (Å²) in [7, 11) is 1.40.